The van der Waals surface area contributed by atoms with Crippen LogP contribution >= 0.6 is 0 Å². The standard InChI is InChI=1S/C18H23NO2/c1-12-7-6-10-14-16(20)11-15(17(12)14)18(21)19-13-8-4-2-3-5-9-13/h6-7,10,13,15H,2-5,8-9,11H2,1H3,(H,19,21). The molecule has 1 N–H and O–H groups in total. The van der Waals surface area contributed by atoms with Crippen molar-refractivity contribution >= 4 is 11.7 Å². The van der Waals surface area contributed by atoms with Crippen LogP contribution in [0.2, 0.25) is 0 Å². The zero-order valence-corrected chi connectivity index (χ0v) is 12.7. The maximum Gasteiger partial charge on any atom is 0.228 e. The van der Waals surface area contributed by atoms with Crippen LogP contribution in [0.5, 0.6) is 0 Å². The minimum absolute atomic E-state index is 0.0447. The molecule has 0 heterocycles. The van der Waals surface area contributed by atoms with Gasteiger partial charge in [-0.1, -0.05) is 43.9 Å². The molecule has 1 saturated carbocycles. The van der Waals surface area contributed by atoms with Crippen LogP contribution in [0.3, 0.4) is 0 Å². The van der Waals surface area contributed by atoms with Crippen LogP contribution in [0, 0.1) is 6.92 Å². The zero-order chi connectivity index (χ0) is 14.8. The Labute approximate surface area is 126 Å². The fraction of sp³-hybridized carbons (Fsp3) is 0.556. The molecule has 0 saturated heterocycles. The first-order valence-electron chi connectivity index (χ1n) is 8.10. The van der Waals surface area contributed by atoms with Crippen LogP contribution < -0.4 is 5.32 Å². The summed E-state index contributed by atoms with van der Waals surface area (Å²) in [5.41, 5.74) is 2.75. The summed E-state index contributed by atoms with van der Waals surface area (Å²) >= 11 is 0. The number of carbonyl (C=O) groups is 2. The second-order valence-corrected chi connectivity index (χ2v) is 6.41. The Kier molecular flexibility index (Phi) is 4.09. The van der Waals surface area contributed by atoms with Gasteiger partial charge in [-0.25, -0.2) is 0 Å². The van der Waals surface area contributed by atoms with E-state index in [2.05, 4.69) is 5.32 Å². The number of hydrogen-bond donors (Lipinski definition) is 1. The number of nitrogens with one attached hydrogen (secondary N) is 1. The first kappa shape index (κ1) is 14.3. The van der Waals surface area contributed by atoms with Crippen molar-refractivity contribution in [1.82, 2.24) is 5.32 Å². The predicted octanol–water partition coefficient (Wildman–Crippen LogP) is 3.50. The number of fused-ring (bicyclic) bond motifs is 1. The first-order chi connectivity index (χ1) is 10.2. The lowest BCUT2D eigenvalue weighted by Gasteiger charge is -2.20. The minimum atomic E-state index is -0.281. The summed E-state index contributed by atoms with van der Waals surface area (Å²) in [5, 5.41) is 3.20. The topological polar surface area (TPSA) is 46.2 Å². The highest BCUT2D eigenvalue weighted by Gasteiger charge is 2.35. The number of aryl methyl sites for hydroxylation is 1. The molecule has 0 aliphatic heterocycles. The van der Waals surface area contributed by atoms with Crippen molar-refractivity contribution in [2.75, 3.05) is 0 Å². The summed E-state index contributed by atoms with van der Waals surface area (Å²) in [6.07, 6.45) is 7.43. The Morgan fingerprint density at radius 3 is 2.57 bits per heavy atom. The van der Waals surface area contributed by atoms with E-state index in [0.29, 0.717) is 12.5 Å². The lowest BCUT2D eigenvalue weighted by molar-refractivity contribution is -0.123. The molecular formula is C18H23NO2. The largest absolute Gasteiger partial charge is 0.353 e. The van der Waals surface area contributed by atoms with E-state index >= 15 is 0 Å². The third-order valence-electron chi connectivity index (χ3n) is 4.88. The average molecular weight is 285 g/mol. The minimum Gasteiger partial charge on any atom is -0.353 e. The van der Waals surface area contributed by atoms with Crippen molar-refractivity contribution in [2.24, 2.45) is 0 Å². The van der Waals surface area contributed by atoms with Gasteiger partial charge in [-0.2, -0.15) is 0 Å². The average Bonchev–Trinajstić information content (AvgIpc) is 2.64. The van der Waals surface area contributed by atoms with E-state index in [-0.39, 0.29) is 17.6 Å². The van der Waals surface area contributed by atoms with Gasteiger partial charge < -0.3 is 5.32 Å². The van der Waals surface area contributed by atoms with Crippen molar-refractivity contribution in [1.29, 1.82) is 0 Å². The van der Waals surface area contributed by atoms with Crippen molar-refractivity contribution in [3.63, 3.8) is 0 Å². The second kappa shape index (κ2) is 6.00. The van der Waals surface area contributed by atoms with Crippen LogP contribution in [0.25, 0.3) is 0 Å². The maximum absolute atomic E-state index is 12.6. The van der Waals surface area contributed by atoms with E-state index in [0.717, 1.165) is 29.5 Å². The van der Waals surface area contributed by atoms with Gasteiger partial charge in [0.15, 0.2) is 5.78 Å². The van der Waals surface area contributed by atoms with Gasteiger partial charge in [-0.3, -0.25) is 9.59 Å². The van der Waals surface area contributed by atoms with Crippen LogP contribution in [0.1, 0.15) is 72.3 Å². The number of carbonyl (C=O) groups excluding carboxylic acids is 2. The molecular weight excluding hydrogens is 262 g/mol. The molecule has 2 aliphatic rings. The van der Waals surface area contributed by atoms with E-state index in [1.807, 2.05) is 25.1 Å². The number of rotatable bonds is 2. The number of hydrogen-bond acceptors (Lipinski definition) is 2. The summed E-state index contributed by atoms with van der Waals surface area (Å²) < 4.78 is 0. The SMILES string of the molecule is Cc1cccc2c1C(C(=O)NC1CCCCCC1)CC2=O. The van der Waals surface area contributed by atoms with Gasteiger partial charge in [-0.15, -0.1) is 0 Å². The molecule has 1 aromatic carbocycles. The quantitative estimate of drug-likeness (QED) is 0.845. The van der Waals surface area contributed by atoms with Gasteiger partial charge >= 0.3 is 0 Å². The molecule has 0 spiro atoms. The molecule has 1 amide bonds. The molecule has 0 bridgehead atoms. The van der Waals surface area contributed by atoms with Crippen molar-refractivity contribution in [2.45, 2.75) is 63.8 Å². The fourth-order valence-corrected chi connectivity index (χ4v) is 3.73. The number of amides is 1. The van der Waals surface area contributed by atoms with Gasteiger partial charge in [0.2, 0.25) is 5.91 Å². The van der Waals surface area contributed by atoms with Gasteiger partial charge in [0.1, 0.15) is 0 Å². The molecule has 21 heavy (non-hydrogen) atoms. The highest BCUT2D eigenvalue weighted by atomic mass is 16.2. The molecule has 112 valence electrons. The van der Waals surface area contributed by atoms with Crippen LogP contribution in [-0.4, -0.2) is 17.7 Å². The van der Waals surface area contributed by atoms with Crippen molar-refractivity contribution in [3.05, 3.63) is 34.9 Å². The van der Waals surface area contributed by atoms with E-state index in [4.69, 9.17) is 0 Å². The molecule has 2 aliphatic carbocycles. The summed E-state index contributed by atoms with van der Waals surface area (Å²) in [5.74, 6) is -0.130. The fourth-order valence-electron chi connectivity index (χ4n) is 3.73. The third kappa shape index (κ3) is 2.87. The first-order valence-corrected chi connectivity index (χ1v) is 8.10. The van der Waals surface area contributed by atoms with Gasteiger partial charge in [0.25, 0.3) is 0 Å². The lowest BCUT2D eigenvalue weighted by Crippen LogP contribution is -2.37. The van der Waals surface area contributed by atoms with Gasteiger partial charge in [-0.05, 0) is 30.9 Å². The highest BCUT2D eigenvalue weighted by molar-refractivity contribution is 6.07. The van der Waals surface area contributed by atoms with Crippen LogP contribution in [0.4, 0.5) is 0 Å². The lowest BCUT2D eigenvalue weighted by atomic mass is 9.95. The Hall–Kier alpha value is -1.64. The highest BCUT2D eigenvalue weighted by Crippen LogP contribution is 2.35. The molecule has 1 atom stereocenters. The molecule has 1 unspecified atom stereocenters. The molecule has 1 fully saturated rings. The van der Waals surface area contributed by atoms with Crippen molar-refractivity contribution in [3.8, 4) is 0 Å². The Bertz CT molecular complexity index is 556. The van der Waals surface area contributed by atoms with E-state index < -0.39 is 0 Å². The Morgan fingerprint density at radius 2 is 1.86 bits per heavy atom. The molecule has 0 radical (unpaired) electrons. The zero-order valence-electron chi connectivity index (χ0n) is 12.7. The Balaban J connectivity index is 1.76. The van der Waals surface area contributed by atoms with Gasteiger partial charge in [0, 0.05) is 18.0 Å². The van der Waals surface area contributed by atoms with Crippen LogP contribution in [-0.2, 0) is 4.79 Å². The molecule has 3 heteroatoms. The molecule has 0 aromatic heterocycles. The van der Waals surface area contributed by atoms with E-state index in [1.165, 1.54) is 25.7 Å². The molecule has 3 rings (SSSR count). The van der Waals surface area contributed by atoms with E-state index in [1.54, 1.807) is 0 Å². The summed E-state index contributed by atoms with van der Waals surface area (Å²) in [6, 6.07) is 6.04. The number of benzene rings is 1. The number of ketones is 1. The third-order valence-corrected chi connectivity index (χ3v) is 4.88. The van der Waals surface area contributed by atoms with Crippen molar-refractivity contribution < 1.29 is 9.59 Å². The van der Waals surface area contributed by atoms with E-state index in [9.17, 15) is 9.59 Å². The normalized spacial score (nSPS) is 22.7. The monoisotopic (exact) mass is 285 g/mol. The summed E-state index contributed by atoms with van der Waals surface area (Å²) in [6.45, 7) is 1.99. The maximum atomic E-state index is 12.6. The Morgan fingerprint density at radius 1 is 1.14 bits per heavy atom. The molecule has 3 nitrogen and oxygen atoms in total. The molecule has 1 aromatic rings. The number of Topliss-reactive ketones (excluding diaryl/α,β-unsaturated/α-hetero) is 1. The smallest absolute Gasteiger partial charge is 0.228 e. The second-order valence-electron chi connectivity index (χ2n) is 6.41. The summed E-state index contributed by atoms with van der Waals surface area (Å²) in [7, 11) is 0. The summed E-state index contributed by atoms with van der Waals surface area (Å²) in [4.78, 5) is 24.7. The van der Waals surface area contributed by atoms with Gasteiger partial charge in [0.05, 0.1) is 5.92 Å². The predicted molar refractivity (Wildman–Crippen MR) is 82.5 cm³/mol. The van der Waals surface area contributed by atoms with Crippen LogP contribution in [0.15, 0.2) is 18.2 Å².